The molecule has 1 aromatic heterocycles. The van der Waals surface area contributed by atoms with Crippen LogP contribution in [0.5, 0.6) is 0 Å². The molecule has 0 bridgehead atoms. The van der Waals surface area contributed by atoms with Crippen molar-refractivity contribution in [1.29, 1.82) is 0 Å². The quantitative estimate of drug-likeness (QED) is 0.832. The molecule has 3 heteroatoms. The first-order valence-corrected chi connectivity index (χ1v) is 7.98. The van der Waals surface area contributed by atoms with E-state index in [2.05, 4.69) is 38.0 Å². The standard InChI is InChI=1S/C18H26N2O/c1-4-14-7-9-15(10-8-14)18(21)13-16-11-12-20(19-16)17(5-2)6-3/h7-12,17-18,21H,4-6,13H2,1-3H3. The lowest BCUT2D eigenvalue weighted by atomic mass is 10.0. The SMILES string of the molecule is CCc1ccc(C(O)Cc2ccn(C(CC)CC)n2)cc1. The fourth-order valence-electron chi connectivity index (χ4n) is 2.64. The Bertz CT molecular complexity index is 541. The van der Waals surface area contributed by atoms with Crippen molar-refractivity contribution in [2.45, 2.75) is 58.6 Å². The smallest absolute Gasteiger partial charge is 0.0846 e. The summed E-state index contributed by atoms with van der Waals surface area (Å²) in [5.74, 6) is 0. The lowest BCUT2D eigenvalue weighted by Crippen LogP contribution is -2.09. The van der Waals surface area contributed by atoms with E-state index in [0.29, 0.717) is 12.5 Å². The van der Waals surface area contributed by atoms with Crippen molar-refractivity contribution in [1.82, 2.24) is 9.78 Å². The van der Waals surface area contributed by atoms with Crippen LogP contribution in [0.2, 0.25) is 0 Å². The zero-order valence-electron chi connectivity index (χ0n) is 13.3. The number of benzene rings is 1. The molecule has 1 N–H and O–H groups in total. The maximum Gasteiger partial charge on any atom is 0.0846 e. The Hall–Kier alpha value is -1.61. The molecule has 1 heterocycles. The molecule has 2 rings (SSSR count). The van der Waals surface area contributed by atoms with Crippen LogP contribution in [0.4, 0.5) is 0 Å². The predicted octanol–water partition coefficient (Wildman–Crippen LogP) is 4.08. The molecule has 1 aromatic carbocycles. The van der Waals surface area contributed by atoms with Crippen molar-refractivity contribution < 1.29 is 5.11 Å². The van der Waals surface area contributed by atoms with Crippen molar-refractivity contribution in [3.63, 3.8) is 0 Å². The molecule has 0 fully saturated rings. The zero-order valence-corrected chi connectivity index (χ0v) is 13.3. The number of hydrogen-bond donors (Lipinski definition) is 1. The maximum absolute atomic E-state index is 10.4. The fraction of sp³-hybridized carbons (Fsp3) is 0.500. The van der Waals surface area contributed by atoms with Gasteiger partial charge in [-0.05, 0) is 36.5 Å². The Morgan fingerprint density at radius 2 is 1.71 bits per heavy atom. The normalized spacial score (nSPS) is 12.8. The van der Waals surface area contributed by atoms with Gasteiger partial charge in [0.25, 0.3) is 0 Å². The molecule has 0 aliphatic rings. The van der Waals surface area contributed by atoms with Gasteiger partial charge in [-0.2, -0.15) is 5.10 Å². The van der Waals surface area contributed by atoms with E-state index >= 15 is 0 Å². The first-order chi connectivity index (χ1) is 10.2. The van der Waals surface area contributed by atoms with E-state index in [1.54, 1.807) is 0 Å². The second kappa shape index (κ2) is 7.41. The van der Waals surface area contributed by atoms with Gasteiger partial charge in [0.2, 0.25) is 0 Å². The minimum absolute atomic E-state index is 0.458. The second-order valence-corrected chi connectivity index (χ2v) is 5.57. The predicted molar refractivity (Wildman–Crippen MR) is 86.3 cm³/mol. The van der Waals surface area contributed by atoms with Gasteiger partial charge >= 0.3 is 0 Å². The summed E-state index contributed by atoms with van der Waals surface area (Å²) in [4.78, 5) is 0. The van der Waals surface area contributed by atoms with Crippen molar-refractivity contribution in [3.8, 4) is 0 Å². The van der Waals surface area contributed by atoms with E-state index in [9.17, 15) is 5.11 Å². The number of nitrogens with zero attached hydrogens (tertiary/aromatic N) is 2. The topological polar surface area (TPSA) is 38.0 Å². The lowest BCUT2D eigenvalue weighted by Gasteiger charge is -2.13. The highest BCUT2D eigenvalue weighted by Crippen LogP contribution is 2.20. The molecule has 1 unspecified atom stereocenters. The summed E-state index contributed by atoms with van der Waals surface area (Å²) in [6, 6.07) is 10.7. The summed E-state index contributed by atoms with van der Waals surface area (Å²) >= 11 is 0. The number of aliphatic hydroxyl groups excluding tert-OH is 1. The van der Waals surface area contributed by atoms with Gasteiger partial charge in [-0.1, -0.05) is 45.0 Å². The third-order valence-corrected chi connectivity index (χ3v) is 4.16. The number of rotatable bonds is 7. The van der Waals surface area contributed by atoms with Gasteiger partial charge in [0.1, 0.15) is 0 Å². The Balaban J connectivity index is 2.03. The molecule has 21 heavy (non-hydrogen) atoms. The van der Waals surface area contributed by atoms with Crippen molar-refractivity contribution >= 4 is 0 Å². The summed E-state index contributed by atoms with van der Waals surface area (Å²) in [6.07, 6.45) is 5.30. The van der Waals surface area contributed by atoms with E-state index in [0.717, 1.165) is 30.5 Å². The molecule has 0 saturated carbocycles. The van der Waals surface area contributed by atoms with Gasteiger partial charge < -0.3 is 5.11 Å². The third kappa shape index (κ3) is 3.94. The molecule has 3 nitrogen and oxygen atoms in total. The molecule has 114 valence electrons. The number of aromatic nitrogens is 2. The Kier molecular flexibility index (Phi) is 5.57. The largest absolute Gasteiger partial charge is 0.388 e. The first kappa shape index (κ1) is 15.8. The minimum Gasteiger partial charge on any atom is -0.388 e. The summed E-state index contributed by atoms with van der Waals surface area (Å²) in [5.41, 5.74) is 3.21. The molecular weight excluding hydrogens is 260 g/mol. The van der Waals surface area contributed by atoms with Crippen LogP contribution in [0.25, 0.3) is 0 Å². The Morgan fingerprint density at radius 3 is 2.29 bits per heavy atom. The van der Waals surface area contributed by atoms with Crippen LogP contribution >= 0.6 is 0 Å². The van der Waals surface area contributed by atoms with Crippen LogP contribution in [0.1, 0.15) is 62.6 Å². The summed E-state index contributed by atoms with van der Waals surface area (Å²) < 4.78 is 2.03. The van der Waals surface area contributed by atoms with Crippen LogP contribution < -0.4 is 0 Å². The summed E-state index contributed by atoms with van der Waals surface area (Å²) in [6.45, 7) is 6.50. The molecule has 0 aliphatic carbocycles. The number of aryl methyl sites for hydroxylation is 1. The Morgan fingerprint density at radius 1 is 1.05 bits per heavy atom. The molecule has 2 aromatic rings. The van der Waals surface area contributed by atoms with Gasteiger partial charge in [-0.15, -0.1) is 0 Å². The average molecular weight is 286 g/mol. The zero-order chi connectivity index (χ0) is 15.2. The van der Waals surface area contributed by atoms with Crippen molar-refractivity contribution in [3.05, 3.63) is 53.3 Å². The van der Waals surface area contributed by atoms with E-state index in [4.69, 9.17) is 0 Å². The van der Waals surface area contributed by atoms with E-state index in [1.807, 2.05) is 29.1 Å². The van der Waals surface area contributed by atoms with Crippen LogP contribution in [-0.2, 0) is 12.8 Å². The molecule has 0 radical (unpaired) electrons. The average Bonchev–Trinajstić information content (AvgIpc) is 2.97. The monoisotopic (exact) mass is 286 g/mol. The highest BCUT2D eigenvalue weighted by molar-refractivity contribution is 5.25. The van der Waals surface area contributed by atoms with Gasteiger partial charge in [0.15, 0.2) is 0 Å². The Labute approximate surface area is 127 Å². The number of aliphatic hydroxyl groups is 1. The van der Waals surface area contributed by atoms with Crippen LogP contribution in [0.15, 0.2) is 36.5 Å². The molecule has 0 spiro atoms. The maximum atomic E-state index is 10.4. The molecule has 0 aliphatic heterocycles. The second-order valence-electron chi connectivity index (χ2n) is 5.57. The third-order valence-electron chi connectivity index (χ3n) is 4.16. The lowest BCUT2D eigenvalue weighted by molar-refractivity contribution is 0.176. The summed E-state index contributed by atoms with van der Waals surface area (Å²) in [5, 5.41) is 15.0. The summed E-state index contributed by atoms with van der Waals surface area (Å²) in [7, 11) is 0. The van der Waals surface area contributed by atoms with Gasteiger partial charge in [-0.25, -0.2) is 0 Å². The van der Waals surface area contributed by atoms with Gasteiger partial charge in [0.05, 0.1) is 17.8 Å². The molecule has 1 atom stereocenters. The van der Waals surface area contributed by atoms with Crippen molar-refractivity contribution in [2.24, 2.45) is 0 Å². The molecular formula is C18H26N2O. The van der Waals surface area contributed by atoms with Crippen LogP contribution in [0.3, 0.4) is 0 Å². The van der Waals surface area contributed by atoms with E-state index in [-0.39, 0.29) is 0 Å². The minimum atomic E-state index is -0.485. The first-order valence-electron chi connectivity index (χ1n) is 7.98. The van der Waals surface area contributed by atoms with E-state index < -0.39 is 6.10 Å². The fourth-order valence-corrected chi connectivity index (χ4v) is 2.64. The van der Waals surface area contributed by atoms with Crippen molar-refractivity contribution in [2.75, 3.05) is 0 Å². The highest BCUT2D eigenvalue weighted by atomic mass is 16.3. The van der Waals surface area contributed by atoms with Crippen LogP contribution in [-0.4, -0.2) is 14.9 Å². The number of hydrogen-bond acceptors (Lipinski definition) is 2. The highest BCUT2D eigenvalue weighted by Gasteiger charge is 2.12. The van der Waals surface area contributed by atoms with E-state index in [1.165, 1.54) is 5.56 Å². The van der Waals surface area contributed by atoms with Crippen LogP contribution in [0, 0.1) is 0 Å². The molecule has 0 saturated heterocycles. The molecule has 0 amide bonds. The van der Waals surface area contributed by atoms with Gasteiger partial charge in [0, 0.05) is 12.6 Å². The van der Waals surface area contributed by atoms with Gasteiger partial charge in [-0.3, -0.25) is 4.68 Å².